The molecule has 1 fully saturated rings. The third-order valence-electron chi connectivity index (χ3n) is 3.14. The van der Waals surface area contributed by atoms with E-state index >= 15 is 0 Å². The van der Waals surface area contributed by atoms with Gasteiger partial charge in [0.1, 0.15) is 11.6 Å². The fourth-order valence-corrected chi connectivity index (χ4v) is 2.32. The smallest absolute Gasteiger partial charge is 0.138 e. The summed E-state index contributed by atoms with van der Waals surface area (Å²) in [5.74, 6) is 0.971. The monoisotopic (exact) mass is 293 g/mol. The first-order chi connectivity index (χ1) is 8.25. The van der Waals surface area contributed by atoms with Crippen molar-refractivity contribution >= 4 is 24.0 Å². The number of benzene rings is 1. The Balaban J connectivity index is 0.00000162. The summed E-state index contributed by atoms with van der Waals surface area (Å²) in [6, 6.07) is 4.23. The lowest BCUT2D eigenvalue weighted by Gasteiger charge is -2.22. The Morgan fingerprint density at radius 2 is 2.06 bits per heavy atom. The van der Waals surface area contributed by atoms with Crippen molar-refractivity contribution in [1.82, 2.24) is 5.32 Å². The summed E-state index contributed by atoms with van der Waals surface area (Å²) in [6.07, 6.45) is 3.45. The Bertz CT molecular complexity index is 370. The highest BCUT2D eigenvalue weighted by molar-refractivity contribution is 6.32. The molecule has 0 saturated carbocycles. The van der Waals surface area contributed by atoms with E-state index in [2.05, 4.69) is 5.32 Å². The molecule has 102 valence electrons. The minimum absolute atomic E-state index is 0. The fourth-order valence-electron chi connectivity index (χ4n) is 2.10. The molecule has 0 bridgehead atoms. The average molecular weight is 294 g/mol. The summed E-state index contributed by atoms with van der Waals surface area (Å²) in [6.45, 7) is 2.85. The van der Waals surface area contributed by atoms with Crippen LogP contribution < -0.4 is 10.1 Å². The number of hydrogen-bond donors (Lipinski definition) is 1. The van der Waals surface area contributed by atoms with Crippen LogP contribution in [0.3, 0.4) is 0 Å². The summed E-state index contributed by atoms with van der Waals surface area (Å²) < 4.78 is 18.4. The molecule has 0 aromatic heterocycles. The molecule has 5 heteroatoms. The number of rotatable bonds is 4. The lowest BCUT2D eigenvalue weighted by atomic mass is 9.95. The van der Waals surface area contributed by atoms with Crippen LogP contribution in [0.1, 0.15) is 19.3 Å². The highest BCUT2D eigenvalue weighted by atomic mass is 35.5. The molecule has 2 rings (SSSR count). The van der Waals surface area contributed by atoms with Gasteiger partial charge in [0.2, 0.25) is 0 Å². The Hall–Kier alpha value is -0.510. The van der Waals surface area contributed by atoms with E-state index < -0.39 is 0 Å². The molecule has 0 radical (unpaired) electrons. The quantitative estimate of drug-likeness (QED) is 0.915. The van der Waals surface area contributed by atoms with E-state index in [-0.39, 0.29) is 18.2 Å². The third kappa shape index (κ3) is 4.63. The minimum atomic E-state index is -0.333. The van der Waals surface area contributed by atoms with Crippen molar-refractivity contribution in [2.24, 2.45) is 5.92 Å². The van der Waals surface area contributed by atoms with E-state index in [1.54, 1.807) is 6.07 Å². The van der Waals surface area contributed by atoms with Crippen LogP contribution in [0.25, 0.3) is 0 Å². The van der Waals surface area contributed by atoms with Gasteiger partial charge >= 0.3 is 0 Å². The largest absolute Gasteiger partial charge is 0.492 e. The van der Waals surface area contributed by atoms with Crippen LogP contribution in [0, 0.1) is 11.7 Å². The molecule has 1 aliphatic heterocycles. The summed E-state index contributed by atoms with van der Waals surface area (Å²) in [4.78, 5) is 0. The normalized spacial score (nSPS) is 16.1. The zero-order chi connectivity index (χ0) is 12.1. The Kier molecular flexibility index (Phi) is 6.76. The molecule has 1 aromatic carbocycles. The first kappa shape index (κ1) is 15.5. The molecule has 0 unspecified atom stereocenters. The lowest BCUT2D eigenvalue weighted by molar-refractivity contribution is 0.251. The van der Waals surface area contributed by atoms with Crippen LogP contribution in [0.2, 0.25) is 5.02 Å². The zero-order valence-corrected chi connectivity index (χ0v) is 11.7. The van der Waals surface area contributed by atoms with Crippen molar-refractivity contribution in [1.29, 1.82) is 0 Å². The van der Waals surface area contributed by atoms with Crippen LogP contribution >= 0.6 is 24.0 Å². The molecular weight excluding hydrogens is 276 g/mol. The molecule has 18 heavy (non-hydrogen) atoms. The summed E-state index contributed by atoms with van der Waals surface area (Å²) in [5, 5.41) is 3.68. The lowest BCUT2D eigenvalue weighted by Crippen LogP contribution is -2.28. The van der Waals surface area contributed by atoms with E-state index in [4.69, 9.17) is 16.3 Å². The Morgan fingerprint density at radius 1 is 1.33 bits per heavy atom. The van der Waals surface area contributed by atoms with E-state index in [0.717, 1.165) is 25.4 Å². The maximum atomic E-state index is 12.8. The zero-order valence-electron chi connectivity index (χ0n) is 10.1. The van der Waals surface area contributed by atoms with Crippen LogP contribution in [0.5, 0.6) is 5.75 Å². The SMILES string of the molecule is Cl.Fc1ccc(OCCC2CCNCC2)c(Cl)c1. The Morgan fingerprint density at radius 3 is 2.72 bits per heavy atom. The van der Waals surface area contributed by atoms with Gasteiger partial charge in [-0.1, -0.05) is 11.6 Å². The van der Waals surface area contributed by atoms with Crippen LogP contribution in [-0.2, 0) is 0 Å². The fraction of sp³-hybridized carbons (Fsp3) is 0.538. The molecular formula is C13H18Cl2FNO. The van der Waals surface area contributed by atoms with Gasteiger partial charge in [0.05, 0.1) is 11.6 Å². The van der Waals surface area contributed by atoms with Crippen molar-refractivity contribution in [3.8, 4) is 5.75 Å². The second kappa shape index (κ2) is 7.82. The first-order valence-electron chi connectivity index (χ1n) is 6.04. The molecule has 1 aromatic rings. The predicted octanol–water partition coefficient (Wildman–Crippen LogP) is 3.67. The number of hydrogen-bond acceptors (Lipinski definition) is 2. The van der Waals surface area contributed by atoms with Gasteiger partial charge in [-0.2, -0.15) is 0 Å². The van der Waals surface area contributed by atoms with E-state index in [9.17, 15) is 4.39 Å². The molecule has 2 nitrogen and oxygen atoms in total. The van der Waals surface area contributed by atoms with Gasteiger partial charge in [-0.25, -0.2) is 4.39 Å². The second-order valence-corrected chi connectivity index (χ2v) is 4.81. The van der Waals surface area contributed by atoms with Crippen molar-refractivity contribution in [2.45, 2.75) is 19.3 Å². The number of piperidine rings is 1. The maximum absolute atomic E-state index is 12.8. The van der Waals surface area contributed by atoms with Gasteiger partial charge in [-0.15, -0.1) is 12.4 Å². The molecule has 1 saturated heterocycles. The summed E-state index contributed by atoms with van der Waals surface area (Å²) in [7, 11) is 0. The van der Waals surface area contributed by atoms with E-state index in [0.29, 0.717) is 17.4 Å². The van der Waals surface area contributed by atoms with Crippen LogP contribution in [-0.4, -0.2) is 19.7 Å². The minimum Gasteiger partial charge on any atom is -0.492 e. The molecule has 1 heterocycles. The summed E-state index contributed by atoms with van der Waals surface area (Å²) in [5.41, 5.74) is 0. The van der Waals surface area contributed by atoms with Crippen molar-refractivity contribution in [3.63, 3.8) is 0 Å². The van der Waals surface area contributed by atoms with Crippen LogP contribution in [0.15, 0.2) is 18.2 Å². The maximum Gasteiger partial charge on any atom is 0.138 e. The van der Waals surface area contributed by atoms with E-state index in [1.807, 2.05) is 0 Å². The second-order valence-electron chi connectivity index (χ2n) is 4.41. The predicted molar refractivity (Wildman–Crippen MR) is 74.4 cm³/mol. The van der Waals surface area contributed by atoms with Gasteiger partial charge in [0.25, 0.3) is 0 Å². The highest BCUT2D eigenvalue weighted by Gasteiger charge is 2.13. The third-order valence-corrected chi connectivity index (χ3v) is 3.43. The van der Waals surface area contributed by atoms with Crippen molar-refractivity contribution in [2.75, 3.05) is 19.7 Å². The molecule has 0 aliphatic carbocycles. The molecule has 1 N–H and O–H groups in total. The van der Waals surface area contributed by atoms with Gasteiger partial charge < -0.3 is 10.1 Å². The van der Waals surface area contributed by atoms with E-state index in [1.165, 1.54) is 25.0 Å². The highest BCUT2D eigenvalue weighted by Crippen LogP contribution is 2.25. The standard InChI is InChI=1S/C13H17ClFNO.ClH/c14-12-9-11(15)1-2-13(12)17-8-5-10-3-6-16-7-4-10;/h1-2,9-10,16H,3-8H2;1H. The molecule has 1 aliphatic rings. The number of halogens is 3. The molecule has 0 atom stereocenters. The number of ether oxygens (including phenoxy) is 1. The average Bonchev–Trinajstić information content (AvgIpc) is 2.33. The topological polar surface area (TPSA) is 21.3 Å². The van der Waals surface area contributed by atoms with Gasteiger partial charge in [-0.05, 0) is 56.5 Å². The van der Waals surface area contributed by atoms with Gasteiger partial charge in [0.15, 0.2) is 0 Å². The molecule has 0 amide bonds. The first-order valence-corrected chi connectivity index (χ1v) is 6.42. The van der Waals surface area contributed by atoms with Crippen LogP contribution in [0.4, 0.5) is 4.39 Å². The number of nitrogens with one attached hydrogen (secondary N) is 1. The van der Waals surface area contributed by atoms with Gasteiger partial charge in [0, 0.05) is 0 Å². The molecule has 0 spiro atoms. The van der Waals surface area contributed by atoms with Gasteiger partial charge in [-0.3, -0.25) is 0 Å². The Labute approximate surface area is 118 Å². The van der Waals surface area contributed by atoms with Crippen molar-refractivity contribution < 1.29 is 9.13 Å². The summed E-state index contributed by atoms with van der Waals surface area (Å²) >= 11 is 5.88. The van der Waals surface area contributed by atoms with Crippen molar-refractivity contribution in [3.05, 3.63) is 29.0 Å².